The van der Waals surface area contributed by atoms with E-state index in [1.54, 1.807) is 32.3 Å². The predicted molar refractivity (Wildman–Crippen MR) is 76.2 cm³/mol. The summed E-state index contributed by atoms with van der Waals surface area (Å²) in [4.78, 5) is 24.3. The van der Waals surface area contributed by atoms with E-state index < -0.39 is 0 Å². The van der Waals surface area contributed by atoms with Gasteiger partial charge in [0.25, 0.3) is 0 Å². The molecule has 0 heterocycles. The van der Waals surface area contributed by atoms with Crippen molar-refractivity contribution in [1.82, 2.24) is 10.2 Å². The third-order valence-corrected chi connectivity index (χ3v) is 2.50. The molecule has 0 aliphatic heterocycles. The maximum Gasteiger partial charge on any atom is 0.244 e. The van der Waals surface area contributed by atoms with Gasteiger partial charge in [-0.3, -0.25) is 9.59 Å². The lowest BCUT2D eigenvalue weighted by Gasteiger charge is -2.09. The number of nitrogen functional groups attached to an aromatic ring is 1. The van der Waals surface area contributed by atoms with E-state index >= 15 is 0 Å². The molecule has 19 heavy (non-hydrogen) atoms. The van der Waals surface area contributed by atoms with Gasteiger partial charge in [-0.05, 0) is 23.8 Å². The van der Waals surface area contributed by atoms with E-state index in [4.69, 9.17) is 5.73 Å². The Morgan fingerprint density at radius 1 is 1.26 bits per heavy atom. The molecule has 0 aliphatic rings. The van der Waals surface area contributed by atoms with Crippen LogP contribution in [0.1, 0.15) is 12.0 Å². The molecule has 1 aromatic carbocycles. The van der Waals surface area contributed by atoms with Crippen LogP contribution in [0.5, 0.6) is 0 Å². The fourth-order valence-electron chi connectivity index (χ4n) is 1.35. The van der Waals surface area contributed by atoms with Gasteiger partial charge in [-0.1, -0.05) is 12.1 Å². The number of anilines is 1. The quantitative estimate of drug-likeness (QED) is 0.610. The summed E-state index contributed by atoms with van der Waals surface area (Å²) in [5.74, 6) is -0.230. The second-order valence-corrected chi connectivity index (χ2v) is 4.33. The Balaban J connectivity index is 2.35. The molecule has 0 unspecified atom stereocenters. The van der Waals surface area contributed by atoms with Gasteiger partial charge in [0.15, 0.2) is 0 Å². The monoisotopic (exact) mass is 261 g/mol. The maximum atomic E-state index is 11.5. The van der Waals surface area contributed by atoms with E-state index in [1.807, 2.05) is 12.1 Å². The normalized spacial score (nSPS) is 10.4. The standard InChI is InChI=1S/C14H19N3O2/c1-17(2)14(19)9-10-16-13(18)8-5-11-3-6-12(15)7-4-11/h3-8H,9-10,15H2,1-2H3,(H,16,18)/b8-5+. The van der Waals surface area contributed by atoms with Crippen LogP contribution in [-0.4, -0.2) is 37.4 Å². The summed E-state index contributed by atoms with van der Waals surface area (Å²) in [6.07, 6.45) is 3.43. The van der Waals surface area contributed by atoms with Crippen LogP contribution in [0.15, 0.2) is 30.3 Å². The van der Waals surface area contributed by atoms with Crippen LogP contribution in [-0.2, 0) is 9.59 Å². The number of nitrogens with two attached hydrogens (primary N) is 1. The number of nitrogens with one attached hydrogen (secondary N) is 1. The highest BCUT2D eigenvalue weighted by Crippen LogP contribution is 2.06. The Bertz CT molecular complexity index is 464. The molecule has 0 saturated carbocycles. The first kappa shape index (κ1) is 14.8. The molecule has 0 aliphatic carbocycles. The molecule has 0 spiro atoms. The van der Waals surface area contributed by atoms with Crippen molar-refractivity contribution in [2.24, 2.45) is 0 Å². The predicted octanol–water partition coefficient (Wildman–Crippen LogP) is 0.876. The molecule has 102 valence electrons. The van der Waals surface area contributed by atoms with Crippen LogP contribution in [0.3, 0.4) is 0 Å². The molecule has 0 atom stereocenters. The number of nitrogens with zero attached hydrogens (tertiary/aromatic N) is 1. The van der Waals surface area contributed by atoms with Crippen molar-refractivity contribution in [3.8, 4) is 0 Å². The molecule has 0 aromatic heterocycles. The SMILES string of the molecule is CN(C)C(=O)CCNC(=O)/C=C/c1ccc(N)cc1. The van der Waals surface area contributed by atoms with E-state index in [2.05, 4.69) is 5.32 Å². The first-order valence-electron chi connectivity index (χ1n) is 6.00. The zero-order valence-corrected chi connectivity index (χ0v) is 11.2. The highest BCUT2D eigenvalue weighted by atomic mass is 16.2. The number of benzene rings is 1. The van der Waals surface area contributed by atoms with Gasteiger partial charge in [0.2, 0.25) is 11.8 Å². The summed E-state index contributed by atoms with van der Waals surface area (Å²) in [5.41, 5.74) is 7.14. The summed E-state index contributed by atoms with van der Waals surface area (Å²) in [6.45, 7) is 0.335. The van der Waals surface area contributed by atoms with Gasteiger partial charge in [0.1, 0.15) is 0 Å². The minimum atomic E-state index is -0.219. The van der Waals surface area contributed by atoms with Crippen molar-refractivity contribution in [3.05, 3.63) is 35.9 Å². The van der Waals surface area contributed by atoms with Crippen molar-refractivity contribution in [2.45, 2.75) is 6.42 Å². The van der Waals surface area contributed by atoms with E-state index in [1.165, 1.54) is 11.0 Å². The lowest BCUT2D eigenvalue weighted by atomic mass is 10.2. The molecule has 3 N–H and O–H groups in total. The average molecular weight is 261 g/mol. The van der Waals surface area contributed by atoms with Gasteiger partial charge in [-0.15, -0.1) is 0 Å². The average Bonchev–Trinajstić information content (AvgIpc) is 2.37. The minimum absolute atomic E-state index is 0.0113. The zero-order chi connectivity index (χ0) is 14.3. The van der Waals surface area contributed by atoms with Crippen LogP contribution in [0, 0.1) is 0 Å². The minimum Gasteiger partial charge on any atom is -0.399 e. The smallest absolute Gasteiger partial charge is 0.244 e. The zero-order valence-electron chi connectivity index (χ0n) is 11.2. The van der Waals surface area contributed by atoms with E-state index in [9.17, 15) is 9.59 Å². The van der Waals surface area contributed by atoms with E-state index in [0.29, 0.717) is 18.7 Å². The van der Waals surface area contributed by atoms with Crippen LogP contribution in [0.4, 0.5) is 5.69 Å². The van der Waals surface area contributed by atoms with Crippen molar-refractivity contribution < 1.29 is 9.59 Å². The number of rotatable bonds is 5. The van der Waals surface area contributed by atoms with Crippen molar-refractivity contribution >= 4 is 23.6 Å². The van der Waals surface area contributed by atoms with Crippen LogP contribution in [0.25, 0.3) is 6.08 Å². The molecule has 2 amide bonds. The van der Waals surface area contributed by atoms with Crippen molar-refractivity contribution in [1.29, 1.82) is 0 Å². The fraction of sp³-hybridized carbons (Fsp3) is 0.286. The largest absolute Gasteiger partial charge is 0.399 e. The second-order valence-electron chi connectivity index (χ2n) is 4.33. The number of hydrogen-bond donors (Lipinski definition) is 2. The maximum absolute atomic E-state index is 11.5. The number of carbonyl (C=O) groups is 2. The van der Waals surface area contributed by atoms with Crippen LogP contribution in [0.2, 0.25) is 0 Å². The first-order valence-corrected chi connectivity index (χ1v) is 6.00. The molecule has 0 saturated heterocycles. The number of amides is 2. The molecule has 1 aromatic rings. The molecular weight excluding hydrogens is 242 g/mol. The van der Waals surface area contributed by atoms with Crippen LogP contribution < -0.4 is 11.1 Å². The van der Waals surface area contributed by atoms with Gasteiger partial charge >= 0.3 is 0 Å². The summed E-state index contributed by atoms with van der Waals surface area (Å²) in [6, 6.07) is 7.20. The Morgan fingerprint density at radius 2 is 1.89 bits per heavy atom. The summed E-state index contributed by atoms with van der Waals surface area (Å²) >= 11 is 0. The van der Waals surface area contributed by atoms with Gasteiger partial charge in [0, 0.05) is 38.8 Å². The van der Waals surface area contributed by atoms with E-state index in [-0.39, 0.29) is 11.8 Å². The summed E-state index contributed by atoms with van der Waals surface area (Å²) in [7, 11) is 3.37. The highest BCUT2D eigenvalue weighted by molar-refractivity contribution is 5.92. The molecule has 5 nitrogen and oxygen atoms in total. The van der Waals surface area contributed by atoms with Gasteiger partial charge in [0.05, 0.1) is 0 Å². The molecule has 0 bridgehead atoms. The summed E-state index contributed by atoms with van der Waals surface area (Å²) in [5, 5.41) is 2.65. The Kier molecular flexibility index (Phi) is 5.60. The molecule has 1 rings (SSSR count). The number of hydrogen-bond acceptors (Lipinski definition) is 3. The topological polar surface area (TPSA) is 75.4 Å². The van der Waals surface area contributed by atoms with Crippen LogP contribution >= 0.6 is 0 Å². The van der Waals surface area contributed by atoms with Crippen molar-refractivity contribution in [2.75, 3.05) is 26.4 Å². The van der Waals surface area contributed by atoms with Gasteiger partial charge < -0.3 is 16.0 Å². The molecule has 0 radical (unpaired) electrons. The molecule has 5 heteroatoms. The Hall–Kier alpha value is -2.30. The van der Waals surface area contributed by atoms with Crippen molar-refractivity contribution in [3.63, 3.8) is 0 Å². The Labute approximate surface area is 113 Å². The van der Waals surface area contributed by atoms with E-state index in [0.717, 1.165) is 5.56 Å². The number of carbonyl (C=O) groups excluding carboxylic acids is 2. The molecule has 0 fully saturated rings. The second kappa shape index (κ2) is 7.20. The highest BCUT2D eigenvalue weighted by Gasteiger charge is 2.03. The van der Waals surface area contributed by atoms with Gasteiger partial charge in [-0.25, -0.2) is 0 Å². The lowest BCUT2D eigenvalue weighted by Crippen LogP contribution is -2.29. The first-order chi connectivity index (χ1) is 8.99. The third-order valence-electron chi connectivity index (χ3n) is 2.50. The Morgan fingerprint density at radius 3 is 2.47 bits per heavy atom. The lowest BCUT2D eigenvalue weighted by molar-refractivity contribution is -0.128. The summed E-state index contributed by atoms with van der Waals surface area (Å²) < 4.78 is 0. The van der Waals surface area contributed by atoms with Gasteiger partial charge in [-0.2, -0.15) is 0 Å². The molecular formula is C14H19N3O2. The third kappa shape index (κ3) is 5.72. The fourth-order valence-corrected chi connectivity index (χ4v) is 1.35.